The summed E-state index contributed by atoms with van der Waals surface area (Å²) in [6, 6.07) is 1.11. The lowest BCUT2D eigenvalue weighted by molar-refractivity contribution is 0.147. The number of aromatic nitrogens is 2. The highest BCUT2D eigenvalue weighted by Gasteiger charge is 2.07. The Labute approximate surface area is 80.0 Å². The smallest absolute Gasteiger partial charge is 0.329 e. The maximum Gasteiger partial charge on any atom is 0.329 e. The first-order chi connectivity index (χ1) is 6.54. The molecule has 0 amide bonds. The zero-order valence-electron chi connectivity index (χ0n) is 7.86. The molecule has 1 atom stereocenters. The normalized spacial score (nSPS) is 12.7. The van der Waals surface area contributed by atoms with Gasteiger partial charge in [0, 0.05) is 6.07 Å². The second kappa shape index (κ2) is 4.10. The maximum absolute atomic E-state index is 11.3. The number of anilines is 1. The predicted octanol–water partition coefficient (Wildman–Crippen LogP) is -1.11. The number of hydrogen-bond acceptors (Lipinski definition) is 4. The van der Waals surface area contributed by atoms with Crippen molar-refractivity contribution in [3.63, 3.8) is 0 Å². The van der Waals surface area contributed by atoms with Crippen molar-refractivity contribution in [3.8, 4) is 0 Å². The molecular weight excluding hydrogens is 186 g/mol. The first-order valence-corrected chi connectivity index (χ1v) is 4.32. The van der Waals surface area contributed by atoms with Crippen LogP contribution in [0.5, 0.6) is 0 Å². The van der Waals surface area contributed by atoms with Crippen molar-refractivity contribution in [1.29, 1.82) is 0 Å². The molecule has 0 aliphatic rings. The number of aliphatic hydroxyl groups is 1. The number of nitrogens with zero attached hydrogens (tertiary/aromatic N) is 1. The average molecular weight is 199 g/mol. The van der Waals surface area contributed by atoms with Gasteiger partial charge in [0.05, 0.1) is 12.6 Å². The summed E-state index contributed by atoms with van der Waals surface area (Å²) < 4.78 is 0.921. The fourth-order valence-corrected chi connectivity index (χ4v) is 1.05. The molecule has 6 nitrogen and oxygen atoms in total. The molecule has 14 heavy (non-hydrogen) atoms. The number of nitrogens with one attached hydrogen (secondary N) is 1. The van der Waals surface area contributed by atoms with E-state index in [-0.39, 0.29) is 12.4 Å². The van der Waals surface area contributed by atoms with Crippen LogP contribution in [0.3, 0.4) is 0 Å². The van der Waals surface area contributed by atoms with Crippen LogP contribution in [0.1, 0.15) is 13.3 Å². The van der Waals surface area contributed by atoms with Crippen LogP contribution in [-0.4, -0.2) is 20.8 Å². The van der Waals surface area contributed by atoms with Gasteiger partial charge in [0.2, 0.25) is 0 Å². The van der Waals surface area contributed by atoms with E-state index in [1.54, 1.807) is 6.92 Å². The summed E-state index contributed by atoms with van der Waals surface area (Å²) in [6.45, 7) is 1.76. The third kappa shape index (κ3) is 2.23. The van der Waals surface area contributed by atoms with Gasteiger partial charge in [0.1, 0.15) is 5.82 Å². The molecule has 1 aromatic rings. The molecule has 1 heterocycles. The Morgan fingerprint density at radius 2 is 2.29 bits per heavy atom. The van der Waals surface area contributed by atoms with Crippen molar-refractivity contribution >= 4 is 5.82 Å². The largest absolute Gasteiger partial charge is 0.391 e. The van der Waals surface area contributed by atoms with E-state index < -0.39 is 17.4 Å². The molecule has 78 valence electrons. The van der Waals surface area contributed by atoms with Gasteiger partial charge < -0.3 is 10.8 Å². The molecule has 0 spiro atoms. The predicted molar refractivity (Wildman–Crippen MR) is 52.0 cm³/mol. The molecule has 0 radical (unpaired) electrons. The highest BCUT2D eigenvalue weighted by molar-refractivity contribution is 5.23. The van der Waals surface area contributed by atoms with Crippen LogP contribution >= 0.6 is 0 Å². The third-order valence-corrected chi connectivity index (χ3v) is 1.91. The highest BCUT2D eigenvalue weighted by Crippen LogP contribution is 1.91. The molecule has 0 aromatic carbocycles. The fourth-order valence-electron chi connectivity index (χ4n) is 1.05. The van der Waals surface area contributed by atoms with E-state index in [4.69, 9.17) is 5.73 Å². The Balaban J connectivity index is 3.10. The van der Waals surface area contributed by atoms with Gasteiger partial charge in [-0.25, -0.2) is 4.79 Å². The van der Waals surface area contributed by atoms with E-state index in [9.17, 15) is 14.7 Å². The number of rotatable bonds is 3. The van der Waals surface area contributed by atoms with Gasteiger partial charge in [-0.3, -0.25) is 14.3 Å². The maximum atomic E-state index is 11.3. The molecule has 0 aliphatic carbocycles. The summed E-state index contributed by atoms with van der Waals surface area (Å²) in [7, 11) is 0. The molecule has 1 unspecified atom stereocenters. The molecule has 4 N–H and O–H groups in total. The molecular formula is C8H13N3O3. The van der Waals surface area contributed by atoms with E-state index >= 15 is 0 Å². The number of aliphatic hydroxyl groups excluding tert-OH is 1. The number of nitrogens with two attached hydrogens (primary N) is 1. The van der Waals surface area contributed by atoms with Crippen molar-refractivity contribution in [2.75, 3.05) is 5.73 Å². The highest BCUT2D eigenvalue weighted by atomic mass is 16.3. The SMILES string of the molecule is CCC(O)Cn1c(=O)cc(N)[nH]c1=O. The minimum Gasteiger partial charge on any atom is -0.391 e. The number of H-pyrrole nitrogens is 1. The summed E-state index contributed by atoms with van der Waals surface area (Å²) in [5, 5.41) is 9.29. The summed E-state index contributed by atoms with van der Waals surface area (Å²) in [4.78, 5) is 24.8. The third-order valence-electron chi connectivity index (χ3n) is 1.91. The van der Waals surface area contributed by atoms with Gasteiger partial charge in [0.15, 0.2) is 0 Å². The first-order valence-electron chi connectivity index (χ1n) is 4.32. The van der Waals surface area contributed by atoms with Gasteiger partial charge in [-0.15, -0.1) is 0 Å². The van der Waals surface area contributed by atoms with Gasteiger partial charge in [-0.05, 0) is 6.42 Å². The quantitative estimate of drug-likeness (QED) is 0.574. The van der Waals surface area contributed by atoms with Gasteiger partial charge in [0.25, 0.3) is 5.56 Å². The number of hydrogen-bond donors (Lipinski definition) is 3. The fraction of sp³-hybridized carbons (Fsp3) is 0.500. The topological polar surface area (TPSA) is 101 Å². The Morgan fingerprint density at radius 1 is 1.64 bits per heavy atom. The summed E-state index contributed by atoms with van der Waals surface area (Å²) >= 11 is 0. The minimum absolute atomic E-state index is 0.00898. The van der Waals surface area contributed by atoms with Crippen LogP contribution in [0, 0.1) is 0 Å². The van der Waals surface area contributed by atoms with Crippen molar-refractivity contribution in [1.82, 2.24) is 9.55 Å². The van der Waals surface area contributed by atoms with E-state index in [1.807, 2.05) is 0 Å². The zero-order valence-corrected chi connectivity index (χ0v) is 7.86. The summed E-state index contributed by atoms with van der Waals surface area (Å²) in [5.74, 6) is 0.0299. The van der Waals surface area contributed by atoms with Crippen LogP contribution in [0.2, 0.25) is 0 Å². The summed E-state index contributed by atoms with van der Waals surface area (Å²) in [5.41, 5.74) is 4.16. The second-order valence-electron chi connectivity index (χ2n) is 3.04. The van der Waals surface area contributed by atoms with Crippen LogP contribution in [0.15, 0.2) is 15.7 Å². The Kier molecular flexibility index (Phi) is 3.08. The van der Waals surface area contributed by atoms with Crippen LogP contribution in [0.25, 0.3) is 0 Å². The Morgan fingerprint density at radius 3 is 2.79 bits per heavy atom. The van der Waals surface area contributed by atoms with Crippen molar-refractivity contribution in [2.24, 2.45) is 0 Å². The first kappa shape index (κ1) is 10.5. The van der Waals surface area contributed by atoms with Crippen molar-refractivity contribution in [2.45, 2.75) is 26.0 Å². The monoisotopic (exact) mass is 199 g/mol. The molecule has 6 heteroatoms. The average Bonchev–Trinajstić information content (AvgIpc) is 2.10. The van der Waals surface area contributed by atoms with Gasteiger partial charge in [-0.1, -0.05) is 6.92 Å². The second-order valence-corrected chi connectivity index (χ2v) is 3.04. The molecule has 0 aliphatic heterocycles. The minimum atomic E-state index is -0.697. The lowest BCUT2D eigenvalue weighted by Crippen LogP contribution is -2.38. The lowest BCUT2D eigenvalue weighted by Gasteiger charge is -2.08. The Hall–Kier alpha value is -1.56. The van der Waals surface area contributed by atoms with Crippen LogP contribution in [-0.2, 0) is 6.54 Å². The van der Waals surface area contributed by atoms with E-state index in [0.29, 0.717) is 6.42 Å². The number of nitrogen functional groups attached to an aromatic ring is 1. The van der Waals surface area contributed by atoms with Crippen LogP contribution < -0.4 is 17.0 Å². The molecule has 1 aromatic heterocycles. The standard InChI is InChI=1S/C8H13N3O3/c1-2-5(12)4-11-7(13)3-6(9)10-8(11)14/h3,5,12H,2,4,9H2,1H3,(H,10,14). The molecule has 0 saturated heterocycles. The van der Waals surface area contributed by atoms with Crippen LogP contribution in [0.4, 0.5) is 5.82 Å². The molecule has 0 bridgehead atoms. The van der Waals surface area contributed by atoms with Crippen molar-refractivity contribution < 1.29 is 5.11 Å². The van der Waals surface area contributed by atoms with E-state index in [1.165, 1.54) is 0 Å². The summed E-state index contributed by atoms with van der Waals surface area (Å²) in [6.07, 6.45) is -0.214. The molecule has 0 saturated carbocycles. The zero-order chi connectivity index (χ0) is 10.7. The van der Waals surface area contributed by atoms with Gasteiger partial charge >= 0.3 is 5.69 Å². The van der Waals surface area contributed by atoms with E-state index in [0.717, 1.165) is 10.6 Å². The molecule has 0 fully saturated rings. The van der Waals surface area contributed by atoms with Gasteiger partial charge in [-0.2, -0.15) is 0 Å². The van der Waals surface area contributed by atoms with E-state index in [2.05, 4.69) is 4.98 Å². The number of aromatic amines is 1. The lowest BCUT2D eigenvalue weighted by atomic mass is 10.3. The van der Waals surface area contributed by atoms with Crippen molar-refractivity contribution in [3.05, 3.63) is 26.9 Å². The Bertz CT molecular complexity index is 389. The molecule has 1 rings (SSSR count).